The molecule has 1 aromatic heterocycles. The van der Waals surface area contributed by atoms with Gasteiger partial charge in [0.1, 0.15) is 5.82 Å². The highest BCUT2D eigenvalue weighted by Crippen LogP contribution is 2.26. The van der Waals surface area contributed by atoms with Crippen molar-refractivity contribution in [2.24, 2.45) is 5.73 Å². The van der Waals surface area contributed by atoms with E-state index in [4.69, 9.17) is 27.8 Å². The Balaban J connectivity index is 2.91. The van der Waals surface area contributed by atoms with Crippen LogP contribution in [0.15, 0.2) is 12.3 Å². The minimum atomic E-state index is -0.291. The van der Waals surface area contributed by atoms with Crippen LogP contribution in [0.4, 0.5) is 5.82 Å². The molecular weight excluding hydrogens is 238 g/mol. The molecule has 4 N–H and O–H groups in total. The molecule has 0 aliphatic heterocycles. The summed E-state index contributed by atoms with van der Waals surface area (Å²) in [4.78, 5) is 4.01. The van der Waals surface area contributed by atoms with E-state index in [9.17, 15) is 0 Å². The molecule has 96 valence electrons. The molecule has 2 atom stereocenters. The summed E-state index contributed by atoms with van der Waals surface area (Å²) in [5.41, 5.74) is 12.7. The van der Waals surface area contributed by atoms with Crippen molar-refractivity contribution in [3.8, 4) is 0 Å². The monoisotopic (exact) mass is 257 g/mol. The first-order valence-corrected chi connectivity index (χ1v) is 6.26. The average Bonchev–Trinajstić information content (AvgIpc) is 2.31. The van der Waals surface area contributed by atoms with Crippen molar-refractivity contribution in [1.29, 1.82) is 0 Å². The van der Waals surface area contributed by atoms with E-state index in [1.54, 1.807) is 6.07 Å². The van der Waals surface area contributed by atoms with Crippen LogP contribution in [0.5, 0.6) is 0 Å². The standard InChI is InChI=1S/C12H20ClN3O/c1-3-5-10(17-4-2)11(14)9-6-8(13)7-16-12(9)15/h6-7,10-11H,3-5,14H2,1-2H3,(H2,15,16). The van der Waals surface area contributed by atoms with E-state index in [2.05, 4.69) is 11.9 Å². The number of nitrogens with two attached hydrogens (primary N) is 2. The first kappa shape index (κ1) is 14.2. The van der Waals surface area contributed by atoms with Crippen molar-refractivity contribution < 1.29 is 4.74 Å². The molecule has 0 saturated carbocycles. The zero-order valence-corrected chi connectivity index (χ0v) is 11.1. The number of nitrogen functional groups attached to an aromatic ring is 1. The molecular formula is C12H20ClN3O. The van der Waals surface area contributed by atoms with Gasteiger partial charge >= 0.3 is 0 Å². The second-order valence-electron chi connectivity index (χ2n) is 3.94. The number of nitrogens with zero attached hydrogens (tertiary/aromatic N) is 1. The number of halogens is 1. The van der Waals surface area contributed by atoms with Crippen molar-refractivity contribution in [3.05, 3.63) is 22.8 Å². The van der Waals surface area contributed by atoms with E-state index in [1.807, 2.05) is 6.92 Å². The molecule has 0 bridgehead atoms. The summed E-state index contributed by atoms with van der Waals surface area (Å²) in [7, 11) is 0. The molecule has 1 aromatic rings. The highest BCUT2D eigenvalue weighted by atomic mass is 35.5. The molecule has 0 aliphatic carbocycles. The molecule has 0 radical (unpaired) electrons. The van der Waals surface area contributed by atoms with E-state index >= 15 is 0 Å². The average molecular weight is 258 g/mol. The fourth-order valence-corrected chi connectivity index (χ4v) is 1.96. The van der Waals surface area contributed by atoms with E-state index in [-0.39, 0.29) is 12.1 Å². The van der Waals surface area contributed by atoms with Crippen molar-refractivity contribution in [2.75, 3.05) is 12.3 Å². The fourth-order valence-electron chi connectivity index (χ4n) is 1.80. The van der Waals surface area contributed by atoms with Crippen LogP contribution in [-0.4, -0.2) is 17.7 Å². The number of rotatable bonds is 6. The zero-order valence-electron chi connectivity index (χ0n) is 10.3. The quantitative estimate of drug-likeness (QED) is 0.821. The lowest BCUT2D eigenvalue weighted by atomic mass is 9.99. The fraction of sp³-hybridized carbons (Fsp3) is 0.583. The molecule has 0 aliphatic rings. The van der Waals surface area contributed by atoms with Crippen LogP contribution in [0, 0.1) is 0 Å². The van der Waals surface area contributed by atoms with Gasteiger partial charge in [-0.25, -0.2) is 4.98 Å². The van der Waals surface area contributed by atoms with Gasteiger partial charge < -0.3 is 16.2 Å². The zero-order chi connectivity index (χ0) is 12.8. The number of hydrogen-bond donors (Lipinski definition) is 2. The summed E-state index contributed by atoms with van der Waals surface area (Å²) >= 11 is 5.91. The first-order valence-electron chi connectivity index (χ1n) is 5.88. The Labute approximate surface area is 107 Å². The molecule has 0 fully saturated rings. The number of aromatic nitrogens is 1. The number of hydrogen-bond acceptors (Lipinski definition) is 4. The Kier molecular flexibility index (Phi) is 5.68. The largest absolute Gasteiger partial charge is 0.383 e. The van der Waals surface area contributed by atoms with Gasteiger partial charge in [0, 0.05) is 18.4 Å². The lowest BCUT2D eigenvalue weighted by molar-refractivity contribution is 0.0375. The van der Waals surface area contributed by atoms with E-state index in [0.29, 0.717) is 17.4 Å². The molecule has 1 rings (SSSR count). The molecule has 2 unspecified atom stereocenters. The lowest BCUT2D eigenvalue weighted by Gasteiger charge is -2.24. The lowest BCUT2D eigenvalue weighted by Crippen LogP contribution is -2.30. The predicted octanol–water partition coefficient (Wildman–Crippen LogP) is 2.52. The van der Waals surface area contributed by atoms with Crippen LogP contribution in [0.1, 0.15) is 38.3 Å². The smallest absolute Gasteiger partial charge is 0.128 e. The second kappa shape index (κ2) is 6.79. The molecule has 4 nitrogen and oxygen atoms in total. The van der Waals surface area contributed by atoms with Crippen molar-refractivity contribution in [3.63, 3.8) is 0 Å². The van der Waals surface area contributed by atoms with Crippen molar-refractivity contribution in [1.82, 2.24) is 4.98 Å². The third kappa shape index (κ3) is 3.84. The molecule has 5 heteroatoms. The topological polar surface area (TPSA) is 74.2 Å². The molecule has 0 spiro atoms. The van der Waals surface area contributed by atoms with Gasteiger partial charge in [-0.15, -0.1) is 0 Å². The maximum atomic E-state index is 6.18. The normalized spacial score (nSPS) is 14.6. The van der Waals surface area contributed by atoms with E-state index in [1.165, 1.54) is 6.20 Å². The first-order chi connectivity index (χ1) is 8.10. The Bertz CT molecular complexity index is 354. The maximum Gasteiger partial charge on any atom is 0.128 e. The Morgan fingerprint density at radius 2 is 2.18 bits per heavy atom. The van der Waals surface area contributed by atoms with Crippen molar-refractivity contribution >= 4 is 17.4 Å². The molecule has 0 saturated heterocycles. The predicted molar refractivity (Wildman–Crippen MR) is 70.9 cm³/mol. The van der Waals surface area contributed by atoms with Gasteiger partial charge in [0.15, 0.2) is 0 Å². The van der Waals surface area contributed by atoms with Gasteiger partial charge in [-0.05, 0) is 19.4 Å². The van der Waals surface area contributed by atoms with Crippen LogP contribution in [0.25, 0.3) is 0 Å². The number of anilines is 1. The highest BCUT2D eigenvalue weighted by Gasteiger charge is 2.21. The second-order valence-corrected chi connectivity index (χ2v) is 4.37. The maximum absolute atomic E-state index is 6.18. The number of ether oxygens (including phenoxy) is 1. The Hall–Kier alpha value is -0.840. The summed E-state index contributed by atoms with van der Waals surface area (Å²) < 4.78 is 5.64. The van der Waals surface area contributed by atoms with Crippen LogP contribution in [0.2, 0.25) is 5.02 Å². The van der Waals surface area contributed by atoms with Crippen LogP contribution >= 0.6 is 11.6 Å². The third-order valence-corrected chi connectivity index (χ3v) is 2.84. The van der Waals surface area contributed by atoms with Gasteiger partial charge in [-0.3, -0.25) is 0 Å². The minimum Gasteiger partial charge on any atom is -0.383 e. The summed E-state index contributed by atoms with van der Waals surface area (Å²) in [6, 6.07) is 1.47. The van der Waals surface area contributed by atoms with Gasteiger partial charge in [-0.1, -0.05) is 24.9 Å². The third-order valence-electron chi connectivity index (χ3n) is 2.63. The van der Waals surface area contributed by atoms with Gasteiger partial charge in [-0.2, -0.15) is 0 Å². The van der Waals surface area contributed by atoms with E-state index in [0.717, 1.165) is 18.4 Å². The molecule has 0 amide bonds. The van der Waals surface area contributed by atoms with E-state index < -0.39 is 0 Å². The molecule has 1 heterocycles. The highest BCUT2D eigenvalue weighted by molar-refractivity contribution is 6.30. The SMILES string of the molecule is CCCC(OCC)C(N)c1cc(Cl)cnc1N. The van der Waals surface area contributed by atoms with Crippen LogP contribution in [-0.2, 0) is 4.74 Å². The van der Waals surface area contributed by atoms with Crippen LogP contribution < -0.4 is 11.5 Å². The Morgan fingerprint density at radius 3 is 2.76 bits per heavy atom. The van der Waals surface area contributed by atoms with Crippen molar-refractivity contribution in [2.45, 2.75) is 38.8 Å². The minimum absolute atomic E-state index is 0.0485. The Morgan fingerprint density at radius 1 is 1.47 bits per heavy atom. The van der Waals surface area contributed by atoms with Gasteiger partial charge in [0.05, 0.1) is 17.2 Å². The summed E-state index contributed by atoms with van der Waals surface area (Å²) in [6.07, 6.45) is 3.36. The number of pyridine rings is 1. The van der Waals surface area contributed by atoms with Gasteiger partial charge in [0.2, 0.25) is 0 Å². The summed E-state index contributed by atoms with van der Waals surface area (Å²) in [5, 5.41) is 0.538. The summed E-state index contributed by atoms with van der Waals surface area (Å²) in [5.74, 6) is 0.419. The molecule has 17 heavy (non-hydrogen) atoms. The van der Waals surface area contributed by atoms with Crippen LogP contribution in [0.3, 0.4) is 0 Å². The summed E-state index contributed by atoms with van der Waals surface area (Å²) in [6.45, 7) is 4.68. The van der Waals surface area contributed by atoms with Gasteiger partial charge in [0.25, 0.3) is 0 Å². The molecule has 0 aromatic carbocycles.